The lowest BCUT2D eigenvalue weighted by molar-refractivity contribution is -0.189. The fraction of sp³-hybridized carbons (Fsp3) is 0.333. The number of hydrogen-bond acceptors (Lipinski definition) is 4. The molecule has 1 unspecified atom stereocenters. The molecule has 0 radical (unpaired) electrons. The topological polar surface area (TPSA) is 83.2 Å². The molecule has 1 fully saturated rings. The molecule has 0 spiro atoms. The Morgan fingerprint density at radius 1 is 1.32 bits per heavy atom. The van der Waals surface area contributed by atoms with Crippen LogP contribution in [-0.4, -0.2) is 42.2 Å². The molecule has 0 aliphatic carbocycles. The number of fused-ring (bicyclic) bond motifs is 1. The summed E-state index contributed by atoms with van der Waals surface area (Å²) in [5.41, 5.74) is 0.145. The average Bonchev–Trinajstić information content (AvgIpc) is 3.14. The second-order valence-electron chi connectivity index (χ2n) is 5.57. The Morgan fingerprint density at radius 3 is 2.72 bits per heavy atom. The molecule has 1 aliphatic heterocycles. The predicted octanol–water partition coefficient (Wildman–Crippen LogP) is 2.49. The van der Waals surface area contributed by atoms with Gasteiger partial charge in [-0.15, -0.1) is 0 Å². The van der Waals surface area contributed by atoms with Crippen molar-refractivity contribution >= 4 is 38.7 Å². The molecule has 10 heteroatoms. The number of ether oxygens (including phenoxy) is 1. The van der Waals surface area contributed by atoms with Crippen molar-refractivity contribution in [1.29, 1.82) is 0 Å². The molecule has 1 aliphatic rings. The molecular weight excluding hydrogens is 407 g/mol. The summed E-state index contributed by atoms with van der Waals surface area (Å²) in [6, 6.07) is 4.47. The average molecular weight is 420 g/mol. The third-order valence-corrected chi connectivity index (χ3v) is 4.26. The first-order valence-corrected chi connectivity index (χ1v) is 8.17. The van der Waals surface area contributed by atoms with Crippen LogP contribution in [-0.2, 0) is 4.79 Å². The summed E-state index contributed by atoms with van der Waals surface area (Å²) < 4.78 is 42.9. The number of benzene rings is 1. The molecule has 3 rings (SSSR count). The van der Waals surface area contributed by atoms with E-state index in [1.807, 2.05) is 0 Å². The molecule has 1 atom stereocenters. The zero-order valence-electron chi connectivity index (χ0n) is 12.7. The molecule has 0 saturated carbocycles. The van der Waals surface area contributed by atoms with Crippen LogP contribution < -0.4 is 15.4 Å². The lowest BCUT2D eigenvalue weighted by Crippen LogP contribution is -2.37. The fourth-order valence-electron chi connectivity index (χ4n) is 2.60. The van der Waals surface area contributed by atoms with Crippen LogP contribution in [0.2, 0.25) is 0 Å². The van der Waals surface area contributed by atoms with E-state index in [0.29, 0.717) is 23.0 Å². The summed E-state index contributed by atoms with van der Waals surface area (Å²) in [5, 5.41) is 5.98. The normalized spacial score (nSPS) is 17.7. The van der Waals surface area contributed by atoms with E-state index in [9.17, 15) is 22.8 Å². The summed E-state index contributed by atoms with van der Waals surface area (Å²) >= 11 is 3.24. The number of carbonyl (C=O) groups is 2. The Kier molecular flexibility index (Phi) is 4.74. The summed E-state index contributed by atoms with van der Waals surface area (Å²) in [6.07, 6.45) is -4.46. The van der Waals surface area contributed by atoms with E-state index in [2.05, 4.69) is 36.3 Å². The standard InChI is InChI=1S/C15H13BrF3N3O3/c16-7-1-2-9-10(5-7)22-11(12(9)25-14(24)15(17,18)19)13(23)21-8-3-4-20-6-8/h1-2,5,8,20,22H,3-4,6H2,(H,21,23). The maximum absolute atomic E-state index is 12.6. The largest absolute Gasteiger partial charge is 0.491 e. The van der Waals surface area contributed by atoms with Crippen LogP contribution in [0.5, 0.6) is 5.75 Å². The van der Waals surface area contributed by atoms with Gasteiger partial charge in [0.2, 0.25) is 0 Å². The first-order chi connectivity index (χ1) is 11.8. The van der Waals surface area contributed by atoms with Gasteiger partial charge in [-0.05, 0) is 31.2 Å². The predicted molar refractivity (Wildman–Crippen MR) is 86.4 cm³/mol. The molecule has 25 heavy (non-hydrogen) atoms. The number of aromatic nitrogens is 1. The zero-order chi connectivity index (χ0) is 18.2. The number of amides is 1. The number of H-pyrrole nitrogens is 1. The van der Waals surface area contributed by atoms with Crippen LogP contribution >= 0.6 is 15.9 Å². The molecule has 3 N–H and O–H groups in total. The second kappa shape index (κ2) is 6.68. The van der Waals surface area contributed by atoms with E-state index in [1.54, 1.807) is 12.1 Å². The second-order valence-corrected chi connectivity index (χ2v) is 6.49. The van der Waals surface area contributed by atoms with Crippen molar-refractivity contribution in [3.05, 3.63) is 28.4 Å². The molecular formula is C15H13BrF3N3O3. The number of carbonyl (C=O) groups excluding carboxylic acids is 2. The molecule has 2 aromatic rings. The van der Waals surface area contributed by atoms with Crippen LogP contribution in [0.25, 0.3) is 10.9 Å². The Hall–Kier alpha value is -2.07. The molecule has 6 nitrogen and oxygen atoms in total. The van der Waals surface area contributed by atoms with Gasteiger partial charge in [0.1, 0.15) is 5.69 Å². The van der Waals surface area contributed by atoms with Crippen LogP contribution in [0.15, 0.2) is 22.7 Å². The third-order valence-electron chi connectivity index (χ3n) is 3.76. The Morgan fingerprint density at radius 2 is 2.08 bits per heavy atom. The van der Waals surface area contributed by atoms with Gasteiger partial charge in [0.15, 0.2) is 5.75 Å². The van der Waals surface area contributed by atoms with Crippen molar-refractivity contribution in [1.82, 2.24) is 15.6 Å². The third kappa shape index (κ3) is 3.79. The number of alkyl halides is 3. The highest BCUT2D eigenvalue weighted by Crippen LogP contribution is 2.33. The molecule has 1 aromatic heterocycles. The highest BCUT2D eigenvalue weighted by molar-refractivity contribution is 9.10. The van der Waals surface area contributed by atoms with Crippen LogP contribution in [0, 0.1) is 0 Å². The smallest absolute Gasteiger partial charge is 0.417 e. The van der Waals surface area contributed by atoms with Gasteiger partial charge < -0.3 is 20.4 Å². The van der Waals surface area contributed by atoms with Crippen molar-refractivity contribution in [2.45, 2.75) is 18.6 Å². The van der Waals surface area contributed by atoms with E-state index in [0.717, 1.165) is 6.54 Å². The maximum atomic E-state index is 12.6. The lowest BCUT2D eigenvalue weighted by Gasteiger charge is -2.12. The van der Waals surface area contributed by atoms with Crippen molar-refractivity contribution in [3.8, 4) is 5.75 Å². The van der Waals surface area contributed by atoms with Gasteiger partial charge in [0.25, 0.3) is 5.91 Å². The lowest BCUT2D eigenvalue weighted by atomic mass is 10.2. The number of nitrogens with one attached hydrogen (secondary N) is 3. The molecule has 1 saturated heterocycles. The number of aromatic amines is 1. The van der Waals surface area contributed by atoms with Crippen molar-refractivity contribution < 1.29 is 27.5 Å². The van der Waals surface area contributed by atoms with Gasteiger partial charge in [0.05, 0.1) is 5.52 Å². The summed E-state index contributed by atoms with van der Waals surface area (Å²) in [7, 11) is 0. The number of rotatable bonds is 3. The van der Waals surface area contributed by atoms with Crippen molar-refractivity contribution in [2.24, 2.45) is 0 Å². The van der Waals surface area contributed by atoms with Crippen molar-refractivity contribution in [2.75, 3.05) is 13.1 Å². The molecule has 134 valence electrons. The molecule has 1 aromatic carbocycles. The SMILES string of the molecule is O=C(NC1CCNC1)c1[nH]c2cc(Br)ccc2c1OC(=O)C(F)(F)F. The van der Waals surface area contributed by atoms with Gasteiger partial charge in [-0.1, -0.05) is 15.9 Å². The van der Waals surface area contributed by atoms with E-state index < -0.39 is 23.8 Å². The highest BCUT2D eigenvalue weighted by Gasteiger charge is 2.42. The van der Waals surface area contributed by atoms with E-state index in [4.69, 9.17) is 0 Å². The minimum Gasteiger partial charge on any atom is -0.417 e. The van der Waals surface area contributed by atoms with Crippen molar-refractivity contribution in [3.63, 3.8) is 0 Å². The number of halogens is 4. The van der Waals surface area contributed by atoms with Gasteiger partial charge in [-0.2, -0.15) is 13.2 Å². The van der Waals surface area contributed by atoms with Gasteiger partial charge in [0, 0.05) is 22.4 Å². The first-order valence-electron chi connectivity index (χ1n) is 7.37. The van der Waals surface area contributed by atoms with Gasteiger partial charge in [-0.25, -0.2) is 4.79 Å². The summed E-state index contributed by atoms with van der Waals surface area (Å²) in [5.74, 6) is -3.45. The quantitative estimate of drug-likeness (QED) is 0.667. The van der Waals surface area contributed by atoms with Crippen LogP contribution in [0.4, 0.5) is 13.2 Å². The fourth-order valence-corrected chi connectivity index (χ4v) is 2.96. The van der Waals surface area contributed by atoms with E-state index in [-0.39, 0.29) is 17.1 Å². The molecule has 2 heterocycles. The van der Waals surface area contributed by atoms with Crippen LogP contribution in [0.1, 0.15) is 16.9 Å². The Balaban J connectivity index is 1.98. The van der Waals surface area contributed by atoms with E-state index >= 15 is 0 Å². The first kappa shape index (κ1) is 17.7. The maximum Gasteiger partial charge on any atom is 0.491 e. The minimum atomic E-state index is -5.16. The van der Waals surface area contributed by atoms with Gasteiger partial charge in [-0.3, -0.25) is 4.79 Å². The van der Waals surface area contributed by atoms with E-state index in [1.165, 1.54) is 6.07 Å². The van der Waals surface area contributed by atoms with Gasteiger partial charge >= 0.3 is 12.1 Å². The Bertz CT molecular complexity index is 829. The minimum absolute atomic E-state index is 0.142. The summed E-state index contributed by atoms with van der Waals surface area (Å²) in [6.45, 7) is 1.30. The molecule has 1 amide bonds. The molecule has 0 bridgehead atoms. The highest BCUT2D eigenvalue weighted by atomic mass is 79.9. The van der Waals surface area contributed by atoms with Crippen LogP contribution in [0.3, 0.4) is 0 Å². The zero-order valence-corrected chi connectivity index (χ0v) is 14.3. The number of esters is 1. The summed E-state index contributed by atoms with van der Waals surface area (Å²) in [4.78, 5) is 26.4. The monoisotopic (exact) mass is 419 g/mol. The Labute approximate surface area is 148 Å². The number of hydrogen-bond donors (Lipinski definition) is 3.